The van der Waals surface area contributed by atoms with Gasteiger partial charge in [0.05, 0.1) is 18.4 Å². The zero-order valence-electron chi connectivity index (χ0n) is 10.1. The normalized spacial score (nSPS) is 11.4. The highest BCUT2D eigenvalue weighted by molar-refractivity contribution is 5.95. The van der Waals surface area contributed by atoms with E-state index in [0.29, 0.717) is 24.5 Å². The summed E-state index contributed by atoms with van der Waals surface area (Å²) in [7, 11) is 0. The summed E-state index contributed by atoms with van der Waals surface area (Å²) in [4.78, 5) is 11.7. The largest absolute Gasteiger partial charge is 0.492 e. The molecular weight excluding hydrogens is 216 g/mol. The Kier molecular flexibility index (Phi) is 5.02. The van der Waals surface area contributed by atoms with Crippen LogP contribution in [0.15, 0.2) is 24.3 Å². The van der Waals surface area contributed by atoms with E-state index >= 15 is 0 Å². The van der Waals surface area contributed by atoms with Crippen molar-refractivity contribution in [2.75, 3.05) is 11.9 Å². The average Bonchev–Trinajstić information content (AvgIpc) is 2.33. The standard InChI is InChI=1S/C13H16N2O2/c1-3-10(9-14)13(16)15-11-7-5-6-8-12(11)17-4-2/h5-8,10H,3-4H2,1-2H3,(H,15,16). The number of nitrogens with zero attached hydrogens (tertiary/aromatic N) is 1. The Hall–Kier alpha value is -2.02. The van der Waals surface area contributed by atoms with Crippen LogP contribution < -0.4 is 10.1 Å². The molecule has 90 valence electrons. The molecule has 4 heteroatoms. The van der Waals surface area contributed by atoms with E-state index < -0.39 is 5.92 Å². The van der Waals surface area contributed by atoms with Crippen molar-refractivity contribution in [2.45, 2.75) is 20.3 Å². The molecule has 0 heterocycles. The molecule has 1 unspecified atom stereocenters. The molecule has 1 atom stereocenters. The van der Waals surface area contributed by atoms with Gasteiger partial charge in [-0.2, -0.15) is 5.26 Å². The van der Waals surface area contributed by atoms with Crippen molar-refractivity contribution in [1.82, 2.24) is 0 Å². The molecule has 1 amide bonds. The first-order chi connectivity index (χ1) is 8.22. The van der Waals surface area contributed by atoms with Gasteiger partial charge in [0, 0.05) is 0 Å². The Morgan fingerprint density at radius 2 is 2.18 bits per heavy atom. The Bertz CT molecular complexity index is 424. The monoisotopic (exact) mass is 232 g/mol. The Labute approximate surface area is 101 Å². The summed E-state index contributed by atoms with van der Waals surface area (Å²) in [5, 5.41) is 11.5. The predicted octanol–water partition coefficient (Wildman–Crippen LogP) is 2.57. The maximum atomic E-state index is 11.7. The number of rotatable bonds is 5. The average molecular weight is 232 g/mol. The lowest BCUT2D eigenvalue weighted by Crippen LogP contribution is -2.21. The van der Waals surface area contributed by atoms with E-state index in [9.17, 15) is 4.79 Å². The van der Waals surface area contributed by atoms with Crippen molar-refractivity contribution in [3.8, 4) is 11.8 Å². The number of hydrogen-bond acceptors (Lipinski definition) is 3. The molecule has 0 aliphatic heterocycles. The fourth-order valence-electron chi connectivity index (χ4n) is 1.41. The second-order valence-corrected chi connectivity index (χ2v) is 3.51. The number of amides is 1. The first-order valence-corrected chi connectivity index (χ1v) is 5.65. The van der Waals surface area contributed by atoms with E-state index in [-0.39, 0.29) is 5.91 Å². The fraction of sp³-hybridized carbons (Fsp3) is 0.385. The summed E-state index contributed by atoms with van der Waals surface area (Å²) in [6.45, 7) is 4.22. The summed E-state index contributed by atoms with van der Waals surface area (Å²) >= 11 is 0. The first-order valence-electron chi connectivity index (χ1n) is 5.65. The number of carbonyl (C=O) groups excluding carboxylic acids is 1. The van der Waals surface area contributed by atoms with Gasteiger partial charge in [-0.05, 0) is 25.5 Å². The smallest absolute Gasteiger partial charge is 0.241 e. The van der Waals surface area contributed by atoms with Crippen molar-refractivity contribution in [3.63, 3.8) is 0 Å². The van der Waals surface area contributed by atoms with Crippen LogP contribution in [0.1, 0.15) is 20.3 Å². The van der Waals surface area contributed by atoms with Crippen LogP contribution in [-0.4, -0.2) is 12.5 Å². The third kappa shape index (κ3) is 3.49. The van der Waals surface area contributed by atoms with Gasteiger partial charge in [0.1, 0.15) is 11.7 Å². The molecule has 1 aromatic carbocycles. The number of para-hydroxylation sites is 2. The molecule has 1 N–H and O–H groups in total. The molecule has 0 bridgehead atoms. The number of nitriles is 1. The van der Waals surface area contributed by atoms with Gasteiger partial charge in [-0.25, -0.2) is 0 Å². The van der Waals surface area contributed by atoms with Gasteiger partial charge in [-0.1, -0.05) is 19.1 Å². The number of ether oxygens (including phenoxy) is 1. The zero-order valence-corrected chi connectivity index (χ0v) is 10.1. The summed E-state index contributed by atoms with van der Waals surface area (Å²) in [6.07, 6.45) is 0.499. The van der Waals surface area contributed by atoms with Crippen LogP contribution in [0, 0.1) is 17.2 Å². The minimum Gasteiger partial charge on any atom is -0.492 e. The minimum absolute atomic E-state index is 0.290. The molecule has 4 nitrogen and oxygen atoms in total. The van der Waals surface area contributed by atoms with Crippen LogP contribution in [0.3, 0.4) is 0 Å². The highest BCUT2D eigenvalue weighted by Crippen LogP contribution is 2.24. The summed E-state index contributed by atoms with van der Waals surface area (Å²) < 4.78 is 5.39. The van der Waals surface area contributed by atoms with Crippen molar-refractivity contribution in [1.29, 1.82) is 5.26 Å². The van der Waals surface area contributed by atoms with Gasteiger partial charge in [0.15, 0.2) is 0 Å². The molecule has 0 spiro atoms. The molecule has 0 aliphatic rings. The minimum atomic E-state index is -0.621. The SMILES string of the molecule is CCOc1ccccc1NC(=O)C(C#N)CC. The van der Waals surface area contributed by atoms with Crippen LogP contribution >= 0.6 is 0 Å². The Balaban J connectivity index is 2.81. The van der Waals surface area contributed by atoms with Gasteiger partial charge in [0.2, 0.25) is 5.91 Å². The lowest BCUT2D eigenvalue weighted by atomic mass is 10.1. The number of anilines is 1. The maximum Gasteiger partial charge on any atom is 0.241 e. The van der Waals surface area contributed by atoms with Crippen LogP contribution in [0.2, 0.25) is 0 Å². The van der Waals surface area contributed by atoms with E-state index in [2.05, 4.69) is 5.32 Å². The van der Waals surface area contributed by atoms with Gasteiger partial charge >= 0.3 is 0 Å². The maximum absolute atomic E-state index is 11.7. The van der Waals surface area contributed by atoms with Gasteiger partial charge in [-0.3, -0.25) is 4.79 Å². The molecule has 1 aromatic rings. The molecular formula is C13H16N2O2. The number of benzene rings is 1. The highest BCUT2D eigenvalue weighted by atomic mass is 16.5. The lowest BCUT2D eigenvalue weighted by Gasteiger charge is -2.12. The summed E-state index contributed by atoms with van der Waals surface area (Å²) in [5.74, 6) is -0.289. The molecule has 1 rings (SSSR count). The number of carbonyl (C=O) groups is 1. The second-order valence-electron chi connectivity index (χ2n) is 3.51. The van der Waals surface area contributed by atoms with E-state index in [1.807, 2.05) is 32.0 Å². The third-order valence-corrected chi connectivity index (χ3v) is 2.33. The van der Waals surface area contributed by atoms with Crippen LogP contribution in [0.25, 0.3) is 0 Å². The summed E-state index contributed by atoms with van der Waals surface area (Å²) in [6, 6.07) is 9.16. The van der Waals surface area contributed by atoms with Crippen molar-refractivity contribution in [2.24, 2.45) is 5.92 Å². The zero-order chi connectivity index (χ0) is 12.7. The molecule has 0 saturated carbocycles. The number of nitrogens with one attached hydrogen (secondary N) is 1. The third-order valence-electron chi connectivity index (χ3n) is 2.33. The molecule has 0 aromatic heterocycles. The lowest BCUT2D eigenvalue weighted by molar-refractivity contribution is -0.118. The molecule has 0 fully saturated rings. The first kappa shape index (κ1) is 13.0. The van der Waals surface area contributed by atoms with Crippen molar-refractivity contribution < 1.29 is 9.53 Å². The van der Waals surface area contributed by atoms with Crippen molar-refractivity contribution in [3.05, 3.63) is 24.3 Å². The van der Waals surface area contributed by atoms with Gasteiger partial charge < -0.3 is 10.1 Å². The topological polar surface area (TPSA) is 62.1 Å². The van der Waals surface area contributed by atoms with Crippen LogP contribution in [-0.2, 0) is 4.79 Å². The molecule has 17 heavy (non-hydrogen) atoms. The van der Waals surface area contributed by atoms with Crippen LogP contribution in [0.4, 0.5) is 5.69 Å². The molecule has 0 radical (unpaired) electrons. The summed E-state index contributed by atoms with van der Waals surface area (Å²) in [5.41, 5.74) is 0.605. The highest BCUT2D eigenvalue weighted by Gasteiger charge is 2.16. The predicted molar refractivity (Wildman–Crippen MR) is 65.6 cm³/mol. The van der Waals surface area contributed by atoms with E-state index in [1.165, 1.54) is 0 Å². The number of hydrogen-bond donors (Lipinski definition) is 1. The van der Waals surface area contributed by atoms with Gasteiger partial charge in [-0.15, -0.1) is 0 Å². The Morgan fingerprint density at radius 3 is 2.76 bits per heavy atom. The van der Waals surface area contributed by atoms with Gasteiger partial charge in [0.25, 0.3) is 0 Å². The molecule has 0 saturated heterocycles. The van der Waals surface area contributed by atoms with Crippen LogP contribution in [0.5, 0.6) is 5.75 Å². The quantitative estimate of drug-likeness (QED) is 0.848. The van der Waals surface area contributed by atoms with E-state index in [4.69, 9.17) is 10.00 Å². The van der Waals surface area contributed by atoms with E-state index in [1.54, 1.807) is 12.1 Å². The van der Waals surface area contributed by atoms with E-state index in [0.717, 1.165) is 0 Å². The molecule has 0 aliphatic carbocycles. The fourth-order valence-corrected chi connectivity index (χ4v) is 1.41. The second kappa shape index (κ2) is 6.54. The van der Waals surface area contributed by atoms with Crippen molar-refractivity contribution >= 4 is 11.6 Å². The Morgan fingerprint density at radius 1 is 1.47 bits per heavy atom.